The van der Waals surface area contributed by atoms with Crippen LogP contribution in [0, 0.1) is 0 Å². The van der Waals surface area contributed by atoms with Crippen molar-refractivity contribution in [1.29, 1.82) is 0 Å². The van der Waals surface area contributed by atoms with Crippen LogP contribution in [0.5, 0.6) is 11.5 Å². The van der Waals surface area contributed by atoms with E-state index in [1.165, 1.54) is 31.2 Å². The van der Waals surface area contributed by atoms with E-state index < -0.39 is 0 Å². The van der Waals surface area contributed by atoms with Gasteiger partial charge in [0.15, 0.2) is 11.5 Å². The van der Waals surface area contributed by atoms with Crippen molar-refractivity contribution in [3.05, 3.63) is 58.1 Å². The number of ether oxygens (including phenoxy) is 2. The molecule has 3 rings (SSSR count). The number of rotatable bonds is 7. The van der Waals surface area contributed by atoms with Gasteiger partial charge in [-0.15, -0.1) is 0 Å². The molecule has 2 aromatic carbocycles. The zero-order valence-corrected chi connectivity index (χ0v) is 16.8. The van der Waals surface area contributed by atoms with Gasteiger partial charge in [0.25, 0.3) is 0 Å². The Morgan fingerprint density at radius 3 is 2.48 bits per heavy atom. The molecule has 0 spiro atoms. The normalized spacial score (nSPS) is 14.2. The third-order valence-corrected chi connectivity index (χ3v) is 5.24. The summed E-state index contributed by atoms with van der Waals surface area (Å²) >= 11 is 3.67. The molecule has 0 unspecified atom stereocenters. The Bertz CT molecular complexity index is 660. The number of methoxy groups -OCH3 is 1. The molecule has 2 aromatic rings. The molecule has 1 aliphatic carbocycles. The molecule has 1 fully saturated rings. The Morgan fingerprint density at radius 1 is 1.08 bits per heavy atom. The second kappa shape index (κ2) is 10.0. The number of hydrogen-bond donors (Lipinski definition) is 1. The van der Waals surface area contributed by atoms with Gasteiger partial charge in [-0.3, -0.25) is 0 Å². The van der Waals surface area contributed by atoms with Gasteiger partial charge in [-0.05, 0) is 36.1 Å². The van der Waals surface area contributed by atoms with E-state index in [9.17, 15) is 0 Å². The van der Waals surface area contributed by atoms with Crippen LogP contribution in [0.1, 0.15) is 36.8 Å². The van der Waals surface area contributed by atoms with Gasteiger partial charge in [-0.2, -0.15) is 0 Å². The molecule has 25 heavy (non-hydrogen) atoms. The van der Waals surface area contributed by atoms with Crippen LogP contribution >= 0.6 is 15.9 Å². The number of hydrogen-bond acceptors (Lipinski definition) is 3. The summed E-state index contributed by atoms with van der Waals surface area (Å²) in [6, 6.07) is 14.9. The fourth-order valence-corrected chi connectivity index (χ4v) is 3.57. The first-order chi connectivity index (χ1) is 11.8. The third kappa shape index (κ3) is 5.63. The van der Waals surface area contributed by atoms with Crippen LogP contribution in [0.25, 0.3) is 0 Å². The minimum atomic E-state index is 0. The minimum absolute atomic E-state index is 0. The SMILES string of the molecule is COc1cc(CNC2CCCC2)c(Br)cc1OCc1ccccc1.[Cl-]. The predicted octanol–water partition coefficient (Wildman–Crippen LogP) is 2.07. The van der Waals surface area contributed by atoms with Crippen LogP contribution in [0.15, 0.2) is 46.9 Å². The zero-order chi connectivity index (χ0) is 16.8. The lowest BCUT2D eigenvalue weighted by Gasteiger charge is -2.16. The van der Waals surface area contributed by atoms with E-state index in [0.29, 0.717) is 12.6 Å². The summed E-state index contributed by atoms with van der Waals surface area (Å²) < 4.78 is 12.5. The Balaban J connectivity index is 0.00000225. The summed E-state index contributed by atoms with van der Waals surface area (Å²) in [5.74, 6) is 1.54. The van der Waals surface area contributed by atoms with Crippen molar-refractivity contribution in [3.8, 4) is 11.5 Å². The standard InChI is InChI=1S/C20H24BrNO2.ClH/c1-23-19-11-16(13-22-17-9-5-6-10-17)18(21)12-20(19)24-14-15-7-3-2-4-8-15;/h2-4,7-8,11-12,17,22H,5-6,9-10,13-14H2,1H3;1H/p-1. The summed E-state index contributed by atoms with van der Waals surface area (Å²) in [7, 11) is 1.69. The van der Waals surface area contributed by atoms with Crippen LogP contribution in [-0.4, -0.2) is 13.2 Å². The maximum atomic E-state index is 5.95. The Labute approximate surface area is 164 Å². The topological polar surface area (TPSA) is 30.5 Å². The molecular formula is C20H24BrClNO2-. The fraction of sp³-hybridized carbons (Fsp3) is 0.400. The van der Waals surface area contributed by atoms with Crippen LogP contribution in [0.2, 0.25) is 0 Å². The van der Waals surface area contributed by atoms with E-state index in [-0.39, 0.29) is 12.4 Å². The molecule has 136 valence electrons. The summed E-state index contributed by atoms with van der Waals surface area (Å²) in [6.45, 7) is 1.38. The maximum absolute atomic E-state index is 5.95. The van der Waals surface area contributed by atoms with Crippen LogP contribution in [0.4, 0.5) is 0 Å². The maximum Gasteiger partial charge on any atom is 0.162 e. The largest absolute Gasteiger partial charge is 1.00 e. The summed E-state index contributed by atoms with van der Waals surface area (Å²) in [5.41, 5.74) is 2.34. The van der Waals surface area contributed by atoms with Crippen molar-refractivity contribution in [3.63, 3.8) is 0 Å². The molecule has 0 bridgehead atoms. The van der Waals surface area contributed by atoms with E-state index >= 15 is 0 Å². The highest BCUT2D eigenvalue weighted by molar-refractivity contribution is 9.10. The quantitative estimate of drug-likeness (QED) is 0.737. The van der Waals surface area contributed by atoms with Crippen molar-refractivity contribution in [1.82, 2.24) is 5.32 Å². The Hall–Kier alpha value is -1.23. The monoisotopic (exact) mass is 424 g/mol. The average Bonchev–Trinajstić information content (AvgIpc) is 3.13. The summed E-state index contributed by atoms with van der Waals surface area (Å²) in [4.78, 5) is 0. The van der Waals surface area contributed by atoms with E-state index in [4.69, 9.17) is 9.47 Å². The smallest absolute Gasteiger partial charge is 0.162 e. The molecule has 0 atom stereocenters. The second-order valence-corrected chi connectivity index (χ2v) is 7.09. The van der Waals surface area contributed by atoms with Gasteiger partial charge >= 0.3 is 0 Å². The molecule has 0 radical (unpaired) electrons. The van der Waals surface area contributed by atoms with Crippen molar-refractivity contribution in [2.75, 3.05) is 7.11 Å². The zero-order valence-electron chi connectivity index (χ0n) is 14.4. The highest BCUT2D eigenvalue weighted by atomic mass is 79.9. The Morgan fingerprint density at radius 2 is 1.80 bits per heavy atom. The van der Waals surface area contributed by atoms with Crippen LogP contribution in [0.3, 0.4) is 0 Å². The minimum Gasteiger partial charge on any atom is -1.00 e. The van der Waals surface area contributed by atoms with Crippen LogP contribution in [-0.2, 0) is 13.2 Å². The van der Waals surface area contributed by atoms with Gasteiger partial charge in [0.05, 0.1) is 7.11 Å². The van der Waals surface area contributed by atoms with Crippen molar-refractivity contribution in [2.24, 2.45) is 0 Å². The highest BCUT2D eigenvalue weighted by Crippen LogP contribution is 2.34. The third-order valence-electron chi connectivity index (χ3n) is 4.51. The molecule has 0 aromatic heterocycles. The lowest BCUT2D eigenvalue weighted by atomic mass is 10.1. The van der Waals surface area contributed by atoms with E-state index in [0.717, 1.165) is 28.1 Å². The molecular weight excluding hydrogens is 402 g/mol. The van der Waals surface area contributed by atoms with Crippen molar-refractivity contribution < 1.29 is 21.9 Å². The Kier molecular flexibility index (Phi) is 8.07. The highest BCUT2D eigenvalue weighted by Gasteiger charge is 2.16. The lowest BCUT2D eigenvalue weighted by molar-refractivity contribution is -0.00000541. The van der Waals surface area contributed by atoms with Gasteiger partial charge < -0.3 is 27.2 Å². The van der Waals surface area contributed by atoms with E-state index in [2.05, 4.69) is 39.4 Å². The molecule has 5 heteroatoms. The predicted molar refractivity (Wildman–Crippen MR) is 101 cm³/mol. The summed E-state index contributed by atoms with van der Waals surface area (Å²) in [5, 5.41) is 3.64. The van der Waals surface area contributed by atoms with Gasteiger partial charge in [0.1, 0.15) is 6.61 Å². The number of halogens is 2. The van der Waals surface area contributed by atoms with Crippen LogP contribution < -0.4 is 27.2 Å². The number of nitrogens with one attached hydrogen (secondary N) is 1. The van der Waals surface area contributed by atoms with Crippen molar-refractivity contribution >= 4 is 15.9 Å². The molecule has 0 amide bonds. The van der Waals surface area contributed by atoms with E-state index in [1.807, 2.05) is 24.3 Å². The average molecular weight is 426 g/mol. The fourth-order valence-electron chi connectivity index (χ4n) is 3.10. The molecule has 1 N–H and O–H groups in total. The first-order valence-corrected chi connectivity index (χ1v) is 9.32. The molecule has 3 nitrogen and oxygen atoms in total. The lowest BCUT2D eigenvalue weighted by Crippen LogP contribution is -3.00. The molecule has 1 saturated carbocycles. The second-order valence-electron chi connectivity index (χ2n) is 6.23. The van der Waals surface area contributed by atoms with Gasteiger partial charge in [-0.1, -0.05) is 59.1 Å². The first kappa shape index (κ1) is 20.1. The van der Waals surface area contributed by atoms with E-state index in [1.54, 1.807) is 7.11 Å². The van der Waals surface area contributed by atoms with Gasteiger partial charge in [0.2, 0.25) is 0 Å². The first-order valence-electron chi connectivity index (χ1n) is 8.53. The molecule has 0 saturated heterocycles. The summed E-state index contributed by atoms with van der Waals surface area (Å²) in [6.07, 6.45) is 5.25. The number of benzene rings is 2. The molecule has 0 heterocycles. The molecule has 0 aliphatic heterocycles. The van der Waals surface area contributed by atoms with Gasteiger partial charge in [0, 0.05) is 17.1 Å². The van der Waals surface area contributed by atoms with Crippen molar-refractivity contribution in [2.45, 2.75) is 44.9 Å². The van der Waals surface area contributed by atoms with Gasteiger partial charge in [-0.25, -0.2) is 0 Å². The molecule has 1 aliphatic rings.